The zero-order valence-corrected chi connectivity index (χ0v) is 13.4. The smallest absolute Gasteiger partial charge is 0.260 e. The molecule has 0 saturated carbocycles. The molecule has 1 aliphatic rings. The van der Waals surface area contributed by atoms with Gasteiger partial charge in [-0.1, -0.05) is 11.6 Å². The van der Waals surface area contributed by atoms with E-state index in [1.165, 1.54) is 31.3 Å². The fourth-order valence-corrected chi connectivity index (χ4v) is 2.53. The molecular weight excluding hydrogens is 278 g/mol. The van der Waals surface area contributed by atoms with Gasteiger partial charge in [-0.2, -0.15) is 0 Å². The first-order valence-electron chi connectivity index (χ1n) is 7.95. The first kappa shape index (κ1) is 16.4. The lowest BCUT2D eigenvalue weighted by molar-refractivity contribution is -0.127. The standard InChI is InChI=1S/C18H25NO3/c1-14(22-17-10-8-16(21-2)9-11-17)18(20)19-13-12-15-6-4-3-5-7-15/h6,8-11,14H,3-5,7,12-13H2,1-2H3,(H,19,20)/t14-/m0/s1. The van der Waals surface area contributed by atoms with Crippen LogP contribution in [-0.4, -0.2) is 25.7 Å². The van der Waals surface area contributed by atoms with Crippen molar-refractivity contribution in [2.75, 3.05) is 13.7 Å². The van der Waals surface area contributed by atoms with Crippen LogP contribution in [0, 0.1) is 0 Å². The lowest BCUT2D eigenvalue weighted by atomic mass is 9.97. The molecule has 0 spiro atoms. The zero-order valence-electron chi connectivity index (χ0n) is 13.4. The Hall–Kier alpha value is -1.97. The highest BCUT2D eigenvalue weighted by Gasteiger charge is 2.14. The third-order valence-electron chi connectivity index (χ3n) is 3.87. The first-order valence-corrected chi connectivity index (χ1v) is 7.95. The molecule has 1 aromatic rings. The second-order valence-electron chi connectivity index (χ2n) is 5.58. The van der Waals surface area contributed by atoms with E-state index in [2.05, 4.69) is 11.4 Å². The Balaban J connectivity index is 1.72. The van der Waals surface area contributed by atoms with Crippen LogP contribution in [0.4, 0.5) is 0 Å². The number of allylic oxidation sites excluding steroid dienone is 1. The van der Waals surface area contributed by atoms with Crippen LogP contribution in [0.2, 0.25) is 0 Å². The molecule has 120 valence electrons. The first-order chi connectivity index (χ1) is 10.7. The van der Waals surface area contributed by atoms with Gasteiger partial charge in [-0.3, -0.25) is 4.79 Å². The van der Waals surface area contributed by atoms with E-state index in [1.807, 2.05) is 12.1 Å². The van der Waals surface area contributed by atoms with E-state index in [9.17, 15) is 4.79 Å². The highest BCUT2D eigenvalue weighted by molar-refractivity contribution is 5.80. The molecule has 1 aromatic carbocycles. The van der Waals surface area contributed by atoms with Crippen LogP contribution in [0.1, 0.15) is 39.0 Å². The average Bonchev–Trinajstić information content (AvgIpc) is 2.56. The number of carbonyl (C=O) groups is 1. The summed E-state index contributed by atoms with van der Waals surface area (Å²) in [7, 11) is 1.62. The molecule has 0 aromatic heterocycles. The number of methoxy groups -OCH3 is 1. The van der Waals surface area contributed by atoms with Gasteiger partial charge < -0.3 is 14.8 Å². The minimum absolute atomic E-state index is 0.0766. The summed E-state index contributed by atoms with van der Waals surface area (Å²) in [4.78, 5) is 12.0. The third kappa shape index (κ3) is 5.10. The zero-order chi connectivity index (χ0) is 15.8. The Labute approximate surface area is 132 Å². The normalized spacial score (nSPS) is 15.6. The van der Waals surface area contributed by atoms with Gasteiger partial charge in [0.15, 0.2) is 6.10 Å². The molecule has 4 nitrogen and oxygen atoms in total. The summed E-state index contributed by atoms with van der Waals surface area (Å²) in [6.07, 6.45) is 7.68. The van der Waals surface area contributed by atoms with Crippen LogP contribution in [0.25, 0.3) is 0 Å². The average molecular weight is 303 g/mol. The molecule has 2 rings (SSSR count). The van der Waals surface area contributed by atoms with Crippen LogP contribution in [0.15, 0.2) is 35.9 Å². The Morgan fingerprint density at radius 2 is 1.95 bits per heavy atom. The molecule has 0 saturated heterocycles. The lowest BCUT2D eigenvalue weighted by Crippen LogP contribution is -2.36. The summed E-state index contributed by atoms with van der Waals surface area (Å²) in [5.41, 5.74) is 1.47. The van der Waals surface area contributed by atoms with Crippen LogP contribution >= 0.6 is 0 Å². The molecule has 0 radical (unpaired) electrons. The van der Waals surface area contributed by atoms with Gasteiger partial charge in [0.1, 0.15) is 11.5 Å². The topological polar surface area (TPSA) is 47.6 Å². The van der Waals surface area contributed by atoms with Crippen molar-refractivity contribution in [2.45, 2.75) is 45.1 Å². The Morgan fingerprint density at radius 1 is 1.23 bits per heavy atom. The maximum absolute atomic E-state index is 12.0. The maximum Gasteiger partial charge on any atom is 0.260 e. The van der Waals surface area contributed by atoms with Crippen molar-refractivity contribution < 1.29 is 14.3 Å². The van der Waals surface area contributed by atoms with Crippen molar-refractivity contribution in [3.8, 4) is 11.5 Å². The molecule has 4 heteroatoms. The molecule has 1 aliphatic carbocycles. The summed E-state index contributed by atoms with van der Waals surface area (Å²) < 4.78 is 10.7. The minimum Gasteiger partial charge on any atom is -0.497 e. The number of amides is 1. The predicted octanol–water partition coefficient (Wildman–Crippen LogP) is 3.47. The van der Waals surface area contributed by atoms with E-state index in [1.54, 1.807) is 26.2 Å². The van der Waals surface area contributed by atoms with Crippen molar-refractivity contribution in [1.29, 1.82) is 0 Å². The van der Waals surface area contributed by atoms with E-state index in [4.69, 9.17) is 9.47 Å². The van der Waals surface area contributed by atoms with E-state index in [-0.39, 0.29) is 5.91 Å². The summed E-state index contributed by atoms with van der Waals surface area (Å²) in [6, 6.07) is 7.23. The Kier molecular flexibility index (Phi) is 6.31. The van der Waals surface area contributed by atoms with Crippen LogP contribution < -0.4 is 14.8 Å². The maximum atomic E-state index is 12.0. The van der Waals surface area contributed by atoms with Crippen LogP contribution in [0.3, 0.4) is 0 Å². The molecule has 22 heavy (non-hydrogen) atoms. The highest BCUT2D eigenvalue weighted by atomic mass is 16.5. The van der Waals surface area contributed by atoms with E-state index in [0.717, 1.165) is 12.2 Å². The van der Waals surface area contributed by atoms with Gasteiger partial charge in [-0.05, 0) is 63.3 Å². The van der Waals surface area contributed by atoms with Crippen molar-refractivity contribution in [2.24, 2.45) is 0 Å². The van der Waals surface area contributed by atoms with E-state index in [0.29, 0.717) is 12.3 Å². The second kappa shape index (κ2) is 8.47. The Morgan fingerprint density at radius 3 is 2.59 bits per heavy atom. The SMILES string of the molecule is COc1ccc(O[C@@H](C)C(=O)NCCC2=CCCCC2)cc1. The molecule has 0 aliphatic heterocycles. The van der Waals surface area contributed by atoms with Crippen molar-refractivity contribution in [1.82, 2.24) is 5.32 Å². The van der Waals surface area contributed by atoms with Crippen molar-refractivity contribution in [3.05, 3.63) is 35.9 Å². The number of hydrogen-bond acceptors (Lipinski definition) is 3. The number of benzene rings is 1. The molecule has 0 heterocycles. The van der Waals surface area contributed by atoms with Crippen LogP contribution in [0.5, 0.6) is 11.5 Å². The fraction of sp³-hybridized carbons (Fsp3) is 0.500. The Bertz CT molecular complexity index is 508. The number of carbonyl (C=O) groups excluding carboxylic acids is 1. The molecule has 0 bridgehead atoms. The lowest BCUT2D eigenvalue weighted by Gasteiger charge is -2.16. The summed E-state index contributed by atoms with van der Waals surface area (Å²) >= 11 is 0. The highest BCUT2D eigenvalue weighted by Crippen LogP contribution is 2.20. The molecule has 1 atom stereocenters. The van der Waals surface area contributed by atoms with Gasteiger partial charge in [0.05, 0.1) is 7.11 Å². The van der Waals surface area contributed by atoms with Crippen molar-refractivity contribution >= 4 is 5.91 Å². The molecular formula is C18H25NO3. The van der Waals surface area contributed by atoms with Gasteiger partial charge in [-0.25, -0.2) is 0 Å². The molecule has 1 amide bonds. The number of hydrogen-bond donors (Lipinski definition) is 1. The van der Waals surface area contributed by atoms with E-state index >= 15 is 0 Å². The van der Waals surface area contributed by atoms with Gasteiger partial charge in [0.2, 0.25) is 0 Å². The van der Waals surface area contributed by atoms with Crippen molar-refractivity contribution in [3.63, 3.8) is 0 Å². The summed E-state index contributed by atoms with van der Waals surface area (Å²) in [6.45, 7) is 2.44. The van der Waals surface area contributed by atoms with Gasteiger partial charge in [-0.15, -0.1) is 0 Å². The fourth-order valence-electron chi connectivity index (χ4n) is 2.53. The molecule has 0 fully saturated rings. The van der Waals surface area contributed by atoms with Gasteiger partial charge >= 0.3 is 0 Å². The number of ether oxygens (including phenoxy) is 2. The number of nitrogens with one attached hydrogen (secondary N) is 1. The molecule has 1 N–H and O–H groups in total. The number of rotatable bonds is 7. The third-order valence-corrected chi connectivity index (χ3v) is 3.87. The van der Waals surface area contributed by atoms with Crippen LogP contribution in [-0.2, 0) is 4.79 Å². The second-order valence-corrected chi connectivity index (χ2v) is 5.58. The van der Waals surface area contributed by atoms with Gasteiger partial charge in [0, 0.05) is 6.54 Å². The summed E-state index contributed by atoms with van der Waals surface area (Å²) in [5, 5.41) is 2.94. The quantitative estimate of drug-likeness (QED) is 0.785. The van der Waals surface area contributed by atoms with Gasteiger partial charge in [0.25, 0.3) is 5.91 Å². The monoisotopic (exact) mass is 303 g/mol. The minimum atomic E-state index is -0.506. The molecule has 0 unspecified atom stereocenters. The summed E-state index contributed by atoms with van der Waals surface area (Å²) in [5.74, 6) is 1.36. The van der Waals surface area contributed by atoms with E-state index < -0.39 is 6.10 Å². The largest absolute Gasteiger partial charge is 0.497 e. The predicted molar refractivity (Wildman–Crippen MR) is 87.3 cm³/mol.